The zero-order chi connectivity index (χ0) is 23.6. The van der Waals surface area contributed by atoms with Crippen LogP contribution in [0.5, 0.6) is 0 Å². The molecular formula is C29H32N4. The van der Waals surface area contributed by atoms with Crippen LogP contribution in [0.2, 0.25) is 0 Å². The number of aryl methyl sites for hydroxylation is 4. The van der Waals surface area contributed by atoms with E-state index < -0.39 is 5.66 Å². The molecule has 0 saturated heterocycles. The fourth-order valence-corrected chi connectivity index (χ4v) is 4.34. The second kappa shape index (κ2) is 8.91. The van der Waals surface area contributed by atoms with E-state index in [1.54, 1.807) is 0 Å². The van der Waals surface area contributed by atoms with Gasteiger partial charge >= 0.3 is 0 Å². The van der Waals surface area contributed by atoms with Crippen LogP contribution in [0.1, 0.15) is 33.4 Å². The number of anilines is 4. The molecule has 4 aromatic carbocycles. The number of nitrogens with two attached hydrogens (primary N) is 2. The van der Waals surface area contributed by atoms with E-state index in [9.17, 15) is 0 Å². The summed E-state index contributed by atoms with van der Waals surface area (Å²) in [6, 6.07) is 29.1. The molecule has 0 aliphatic carbocycles. The fraction of sp³-hybridized carbons (Fsp3) is 0.172. The number of hydrogen-bond acceptors (Lipinski definition) is 4. The topological polar surface area (TPSA) is 76.1 Å². The van der Waals surface area contributed by atoms with Crippen molar-refractivity contribution in [1.29, 1.82) is 0 Å². The van der Waals surface area contributed by atoms with E-state index in [-0.39, 0.29) is 0 Å². The summed E-state index contributed by atoms with van der Waals surface area (Å²) in [7, 11) is 0. The van der Waals surface area contributed by atoms with Gasteiger partial charge < -0.3 is 22.1 Å². The maximum Gasteiger partial charge on any atom is 0.161 e. The summed E-state index contributed by atoms with van der Waals surface area (Å²) in [5, 5.41) is 7.66. The molecule has 0 fully saturated rings. The van der Waals surface area contributed by atoms with Gasteiger partial charge in [-0.1, -0.05) is 36.4 Å². The van der Waals surface area contributed by atoms with Crippen LogP contribution in [-0.4, -0.2) is 0 Å². The Bertz CT molecular complexity index is 1120. The summed E-state index contributed by atoms with van der Waals surface area (Å²) in [6.45, 7) is 8.23. The van der Waals surface area contributed by atoms with Gasteiger partial charge in [0.05, 0.1) is 0 Å². The van der Waals surface area contributed by atoms with Crippen molar-refractivity contribution >= 4 is 22.7 Å². The van der Waals surface area contributed by atoms with Gasteiger partial charge in [-0.3, -0.25) is 0 Å². The van der Waals surface area contributed by atoms with E-state index in [1.165, 1.54) is 0 Å². The van der Waals surface area contributed by atoms with Gasteiger partial charge in [-0.05, 0) is 98.5 Å². The lowest BCUT2D eigenvalue weighted by Gasteiger charge is -2.40. The van der Waals surface area contributed by atoms with Crippen LogP contribution in [0.25, 0.3) is 0 Å². The van der Waals surface area contributed by atoms with Crippen LogP contribution in [0.4, 0.5) is 22.7 Å². The molecule has 4 nitrogen and oxygen atoms in total. The largest absolute Gasteiger partial charge is 0.398 e. The second-order valence-corrected chi connectivity index (χ2v) is 8.78. The lowest BCUT2D eigenvalue weighted by atomic mass is 9.85. The molecule has 0 spiro atoms. The van der Waals surface area contributed by atoms with Crippen LogP contribution in [0.15, 0.2) is 84.9 Å². The molecule has 0 unspecified atom stereocenters. The maximum absolute atomic E-state index is 6.35. The summed E-state index contributed by atoms with van der Waals surface area (Å²) in [4.78, 5) is 0. The van der Waals surface area contributed by atoms with E-state index in [2.05, 4.69) is 86.9 Å². The Hall–Kier alpha value is -3.92. The second-order valence-electron chi connectivity index (χ2n) is 8.78. The Morgan fingerprint density at radius 1 is 0.515 bits per heavy atom. The van der Waals surface area contributed by atoms with Gasteiger partial charge in [0, 0.05) is 33.9 Å². The summed E-state index contributed by atoms with van der Waals surface area (Å²) < 4.78 is 0. The molecule has 0 bridgehead atoms. The van der Waals surface area contributed by atoms with Gasteiger partial charge in [0.2, 0.25) is 0 Å². The quantitative estimate of drug-likeness (QED) is 0.205. The van der Waals surface area contributed by atoms with Gasteiger partial charge in [0.1, 0.15) is 0 Å². The van der Waals surface area contributed by atoms with E-state index in [0.29, 0.717) is 0 Å². The molecule has 0 aliphatic heterocycles. The first-order valence-corrected chi connectivity index (χ1v) is 11.2. The minimum Gasteiger partial charge on any atom is -0.398 e. The summed E-state index contributed by atoms with van der Waals surface area (Å²) >= 11 is 0. The summed E-state index contributed by atoms with van der Waals surface area (Å²) in [5.74, 6) is 0. The predicted molar refractivity (Wildman–Crippen MR) is 142 cm³/mol. The average molecular weight is 437 g/mol. The standard InChI is InChI=1S/C29H32N4/c1-19-15-23(16-20(2)27(19)30)29(32-25-11-7-5-8-12-25,33-26-13-9-6-10-14-26)24-17-21(3)28(31)22(4)18-24/h5-18,32-33H,30-31H2,1-4H3. The zero-order valence-electron chi connectivity index (χ0n) is 19.7. The first-order chi connectivity index (χ1) is 15.8. The van der Waals surface area contributed by atoms with Crippen molar-refractivity contribution in [2.24, 2.45) is 0 Å². The van der Waals surface area contributed by atoms with Crippen LogP contribution in [0.3, 0.4) is 0 Å². The van der Waals surface area contributed by atoms with Crippen LogP contribution >= 0.6 is 0 Å². The van der Waals surface area contributed by atoms with Gasteiger partial charge in [-0.15, -0.1) is 0 Å². The third kappa shape index (κ3) is 4.37. The molecule has 0 aromatic heterocycles. The maximum atomic E-state index is 6.35. The molecule has 4 heteroatoms. The molecule has 0 radical (unpaired) electrons. The Kier molecular flexibility index (Phi) is 6.01. The van der Waals surface area contributed by atoms with Crippen molar-refractivity contribution in [3.8, 4) is 0 Å². The molecule has 33 heavy (non-hydrogen) atoms. The Balaban J connectivity index is 2.04. The monoisotopic (exact) mass is 436 g/mol. The average Bonchev–Trinajstić information content (AvgIpc) is 2.81. The van der Waals surface area contributed by atoms with Crippen molar-refractivity contribution in [2.45, 2.75) is 33.4 Å². The molecule has 168 valence electrons. The Labute approximate surface area is 196 Å². The smallest absolute Gasteiger partial charge is 0.161 e. The molecule has 0 heterocycles. The van der Waals surface area contributed by atoms with Crippen molar-refractivity contribution in [3.05, 3.63) is 118 Å². The van der Waals surface area contributed by atoms with Gasteiger partial charge in [-0.25, -0.2) is 0 Å². The highest BCUT2D eigenvalue weighted by Crippen LogP contribution is 2.39. The normalized spacial score (nSPS) is 11.3. The highest BCUT2D eigenvalue weighted by molar-refractivity contribution is 5.66. The number of benzene rings is 4. The Morgan fingerprint density at radius 3 is 1.12 bits per heavy atom. The van der Waals surface area contributed by atoms with E-state index >= 15 is 0 Å². The third-order valence-electron chi connectivity index (χ3n) is 6.26. The third-order valence-corrected chi connectivity index (χ3v) is 6.26. The highest BCUT2D eigenvalue weighted by Gasteiger charge is 2.36. The van der Waals surface area contributed by atoms with Gasteiger partial charge in [-0.2, -0.15) is 0 Å². The van der Waals surface area contributed by atoms with Crippen LogP contribution in [-0.2, 0) is 5.66 Å². The first kappa shape index (κ1) is 22.3. The van der Waals surface area contributed by atoms with Crippen molar-refractivity contribution in [1.82, 2.24) is 0 Å². The van der Waals surface area contributed by atoms with E-state index in [0.717, 1.165) is 56.1 Å². The number of nitrogen functional groups attached to an aromatic ring is 2. The van der Waals surface area contributed by atoms with Crippen LogP contribution in [0, 0.1) is 27.7 Å². The first-order valence-electron chi connectivity index (χ1n) is 11.2. The van der Waals surface area contributed by atoms with Gasteiger partial charge in [0.15, 0.2) is 5.66 Å². The molecule has 0 amide bonds. The van der Waals surface area contributed by atoms with Crippen molar-refractivity contribution in [3.63, 3.8) is 0 Å². The Morgan fingerprint density at radius 2 is 0.818 bits per heavy atom. The van der Waals surface area contributed by atoms with Crippen LogP contribution < -0.4 is 22.1 Å². The molecule has 0 aliphatic rings. The number of para-hydroxylation sites is 2. The molecule has 4 aromatic rings. The lowest BCUT2D eigenvalue weighted by molar-refractivity contribution is 0.676. The van der Waals surface area contributed by atoms with E-state index in [4.69, 9.17) is 11.5 Å². The summed E-state index contributed by atoms with van der Waals surface area (Å²) in [5.41, 5.74) is 21.9. The number of rotatable bonds is 6. The predicted octanol–water partition coefficient (Wildman–Crippen LogP) is 6.51. The lowest BCUT2D eigenvalue weighted by Crippen LogP contribution is -2.44. The number of nitrogens with one attached hydrogen (secondary N) is 2. The fourth-order valence-electron chi connectivity index (χ4n) is 4.34. The minimum absolute atomic E-state index is 0.769. The van der Waals surface area contributed by atoms with Gasteiger partial charge in [0.25, 0.3) is 0 Å². The molecule has 0 atom stereocenters. The minimum atomic E-state index is -0.769. The number of hydrogen-bond donors (Lipinski definition) is 4. The molecular weight excluding hydrogens is 404 g/mol. The van der Waals surface area contributed by atoms with Crippen molar-refractivity contribution in [2.75, 3.05) is 22.1 Å². The summed E-state index contributed by atoms with van der Waals surface area (Å²) in [6.07, 6.45) is 0. The zero-order valence-corrected chi connectivity index (χ0v) is 19.7. The SMILES string of the molecule is Cc1cc(C(Nc2ccccc2)(Nc2ccccc2)c2cc(C)c(N)c(C)c2)cc(C)c1N. The highest BCUT2D eigenvalue weighted by atomic mass is 15.2. The molecule has 0 saturated carbocycles. The molecule has 4 rings (SSSR count). The molecule has 6 N–H and O–H groups in total. The van der Waals surface area contributed by atoms with E-state index in [1.807, 2.05) is 36.4 Å². The van der Waals surface area contributed by atoms with Crippen molar-refractivity contribution < 1.29 is 0 Å².